The normalized spacial score (nSPS) is 18.5. The maximum Gasteiger partial charge on any atom is 0.253 e. The van der Waals surface area contributed by atoms with Gasteiger partial charge in [-0.25, -0.2) is 0 Å². The molecule has 5 heteroatoms. The molecule has 5 nitrogen and oxygen atoms in total. The molecule has 2 aliphatic heterocycles. The van der Waals surface area contributed by atoms with Crippen molar-refractivity contribution in [3.63, 3.8) is 0 Å². The average Bonchev–Trinajstić information content (AvgIpc) is 2.68. The third kappa shape index (κ3) is 5.30. The van der Waals surface area contributed by atoms with E-state index in [1.165, 1.54) is 17.1 Å². The molecule has 0 bridgehead atoms. The summed E-state index contributed by atoms with van der Waals surface area (Å²) in [6, 6.07) is 7.64. The minimum atomic E-state index is -0.287. The van der Waals surface area contributed by atoms with Crippen molar-refractivity contribution in [1.82, 2.24) is 4.90 Å². The number of rotatable bonds is 6. The van der Waals surface area contributed by atoms with E-state index < -0.39 is 0 Å². The van der Waals surface area contributed by atoms with E-state index >= 15 is 0 Å². The summed E-state index contributed by atoms with van der Waals surface area (Å²) in [4.78, 5) is 25.1. The van der Waals surface area contributed by atoms with E-state index in [1.807, 2.05) is 24.3 Å². The quantitative estimate of drug-likeness (QED) is 0.735. The number of ether oxygens (including phenoxy) is 2. The van der Waals surface area contributed by atoms with Crippen LogP contribution >= 0.6 is 0 Å². The van der Waals surface area contributed by atoms with E-state index in [0.717, 1.165) is 43.8 Å². The molecule has 0 radical (unpaired) electrons. The van der Waals surface area contributed by atoms with Crippen molar-refractivity contribution in [3.05, 3.63) is 48.1 Å². The first-order valence-electron chi connectivity index (χ1n) is 9.23. The highest BCUT2D eigenvalue weighted by atomic mass is 16.5. The first kappa shape index (κ1) is 18.4. The van der Waals surface area contributed by atoms with Gasteiger partial charge >= 0.3 is 0 Å². The van der Waals surface area contributed by atoms with Crippen LogP contribution < -0.4 is 4.74 Å². The Bertz CT molecular complexity index is 689. The zero-order chi connectivity index (χ0) is 18.2. The Kier molecular flexibility index (Phi) is 6.61. The lowest BCUT2D eigenvalue weighted by Crippen LogP contribution is -2.37. The fourth-order valence-electron chi connectivity index (χ4n) is 3.15. The van der Waals surface area contributed by atoms with E-state index in [4.69, 9.17) is 9.47 Å². The van der Waals surface area contributed by atoms with Crippen LogP contribution in [0.15, 0.2) is 42.5 Å². The van der Waals surface area contributed by atoms with Gasteiger partial charge < -0.3 is 9.47 Å². The number of imide groups is 1. The van der Waals surface area contributed by atoms with Crippen LogP contribution in [-0.2, 0) is 14.3 Å². The molecule has 1 aromatic carbocycles. The Morgan fingerprint density at radius 1 is 1.31 bits per heavy atom. The Morgan fingerprint density at radius 2 is 2.15 bits per heavy atom. The summed E-state index contributed by atoms with van der Waals surface area (Å²) < 4.78 is 11.2. The van der Waals surface area contributed by atoms with Gasteiger partial charge in [-0.15, -0.1) is 0 Å². The summed E-state index contributed by atoms with van der Waals surface area (Å²) in [5.41, 5.74) is 0.877. The first-order valence-corrected chi connectivity index (χ1v) is 9.23. The van der Waals surface area contributed by atoms with Crippen LogP contribution in [0.5, 0.6) is 5.75 Å². The van der Waals surface area contributed by atoms with Gasteiger partial charge in [-0.3, -0.25) is 14.5 Å². The van der Waals surface area contributed by atoms with Gasteiger partial charge in [0.15, 0.2) is 0 Å². The summed E-state index contributed by atoms with van der Waals surface area (Å²) in [6.45, 7) is 2.84. The molecule has 138 valence electrons. The topological polar surface area (TPSA) is 55.8 Å². The number of nitrogens with zero attached hydrogens (tertiary/aromatic N) is 1. The molecule has 0 saturated carbocycles. The van der Waals surface area contributed by atoms with Crippen molar-refractivity contribution in [2.75, 3.05) is 26.4 Å². The van der Waals surface area contributed by atoms with Gasteiger partial charge in [-0.2, -0.15) is 0 Å². The maximum absolute atomic E-state index is 12.2. The number of carbonyl (C=O) groups is 2. The van der Waals surface area contributed by atoms with E-state index in [2.05, 4.69) is 0 Å². The van der Waals surface area contributed by atoms with Crippen molar-refractivity contribution >= 4 is 17.9 Å². The van der Waals surface area contributed by atoms with Crippen LogP contribution in [0.1, 0.15) is 31.2 Å². The van der Waals surface area contributed by atoms with Crippen LogP contribution in [0.25, 0.3) is 6.08 Å². The maximum atomic E-state index is 12.2. The molecule has 0 unspecified atom stereocenters. The SMILES string of the molecule is O=C1C=CCCN1C(=O)/C=C/c1cccc(OCCC2CCOCC2)c1. The number of carbonyl (C=O) groups excluding carboxylic acids is 2. The molecular weight excluding hydrogens is 330 g/mol. The van der Waals surface area contributed by atoms with E-state index in [1.54, 1.807) is 12.2 Å². The molecule has 0 N–H and O–H groups in total. The summed E-state index contributed by atoms with van der Waals surface area (Å²) in [7, 11) is 0. The molecule has 3 rings (SSSR count). The standard InChI is InChI=1S/C21H25NO4/c23-20-6-1-2-12-22(20)21(24)8-7-18-4-3-5-19(16-18)26-15-11-17-9-13-25-14-10-17/h1,3-8,16-17H,2,9-15H2/b8-7+. The zero-order valence-corrected chi connectivity index (χ0v) is 14.9. The van der Waals surface area contributed by atoms with Crippen LogP contribution in [0.2, 0.25) is 0 Å². The van der Waals surface area contributed by atoms with Gasteiger partial charge in [0.2, 0.25) is 0 Å². The summed E-state index contributed by atoms with van der Waals surface area (Å²) in [6.07, 6.45) is 10.4. The van der Waals surface area contributed by atoms with Crippen LogP contribution in [0, 0.1) is 5.92 Å². The van der Waals surface area contributed by atoms with Gasteiger partial charge in [0, 0.05) is 25.8 Å². The lowest BCUT2D eigenvalue weighted by atomic mass is 9.97. The van der Waals surface area contributed by atoms with Crippen molar-refractivity contribution in [2.45, 2.75) is 25.7 Å². The third-order valence-corrected chi connectivity index (χ3v) is 4.72. The first-order chi connectivity index (χ1) is 12.7. The highest BCUT2D eigenvalue weighted by Crippen LogP contribution is 2.20. The average molecular weight is 355 g/mol. The molecule has 1 aromatic rings. The molecule has 1 fully saturated rings. The molecule has 26 heavy (non-hydrogen) atoms. The highest BCUT2D eigenvalue weighted by molar-refractivity contribution is 6.06. The minimum absolute atomic E-state index is 0.254. The third-order valence-electron chi connectivity index (χ3n) is 4.72. The second-order valence-corrected chi connectivity index (χ2v) is 6.62. The number of benzene rings is 1. The van der Waals surface area contributed by atoms with Crippen molar-refractivity contribution in [3.8, 4) is 5.75 Å². The van der Waals surface area contributed by atoms with Gasteiger partial charge in [0.1, 0.15) is 5.75 Å². The molecule has 2 aliphatic rings. The second-order valence-electron chi connectivity index (χ2n) is 6.62. The monoisotopic (exact) mass is 355 g/mol. The molecule has 2 amide bonds. The Hall–Kier alpha value is -2.40. The molecule has 0 atom stereocenters. The largest absolute Gasteiger partial charge is 0.494 e. The Balaban J connectivity index is 1.50. The van der Waals surface area contributed by atoms with E-state index in [9.17, 15) is 9.59 Å². The Morgan fingerprint density at radius 3 is 2.96 bits per heavy atom. The summed E-state index contributed by atoms with van der Waals surface area (Å²) in [5, 5.41) is 0. The highest BCUT2D eigenvalue weighted by Gasteiger charge is 2.18. The predicted octanol–water partition coefficient (Wildman–Crippen LogP) is 3.21. The van der Waals surface area contributed by atoms with Crippen LogP contribution in [-0.4, -0.2) is 43.1 Å². The smallest absolute Gasteiger partial charge is 0.253 e. The molecule has 0 spiro atoms. The predicted molar refractivity (Wildman–Crippen MR) is 99.6 cm³/mol. The van der Waals surface area contributed by atoms with Crippen LogP contribution in [0.4, 0.5) is 0 Å². The number of amides is 2. The van der Waals surface area contributed by atoms with Gasteiger partial charge in [0.05, 0.1) is 6.61 Å². The van der Waals surface area contributed by atoms with E-state index in [0.29, 0.717) is 25.5 Å². The number of hydrogen-bond acceptors (Lipinski definition) is 4. The van der Waals surface area contributed by atoms with Crippen LogP contribution in [0.3, 0.4) is 0 Å². The van der Waals surface area contributed by atoms with Crippen molar-refractivity contribution in [2.24, 2.45) is 5.92 Å². The van der Waals surface area contributed by atoms with Crippen molar-refractivity contribution in [1.29, 1.82) is 0 Å². The molecule has 0 aliphatic carbocycles. The zero-order valence-electron chi connectivity index (χ0n) is 14.9. The summed E-state index contributed by atoms with van der Waals surface area (Å²) >= 11 is 0. The minimum Gasteiger partial charge on any atom is -0.494 e. The molecule has 0 aromatic heterocycles. The van der Waals surface area contributed by atoms with Gasteiger partial charge in [-0.1, -0.05) is 18.2 Å². The summed E-state index contributed by atoms with van der Waals surface area (Å²) in [5.74, 6) is 0.936. The molecule has 1 saturated heterocycles. The second kappa shape index (κ2) is 9.34. The fraction of sp³-hybridized carbons (Fsp3) is 0.429. The van der Waals surface area contributed by atoms with Gasteiger partial charge in [-0.05, 0) is 61.4 Å². The van der Waals surface area contributed by atoms with Gasteiger partial charge in [0.25, 0.3) is 11.8 Å². The lowest BCUT2D eigenvalue weighted by molar-refractivity contribution is -0.139. The number of hydrogen-bond donors (Lipinski definition) is 0. The van der Waals surface area contributed by atoms with Crippen molar-refractivity contribution < 1.29 is 19.1 Å². The lowest BCUT2D eigenvalue weighted by Gasteiger charge is -2.21. The molecular formula is C21H25NO4. The van der Waals surface area contributed by atoms with E-state index in [-0.39, 0.29) is 11.8 Å². The Labute approximate surface area is 154 Å². The molecule has 2 heterocycles. The fourth-order valence-corrected chi connectivity index (χ4v) is 3.15.